The second kappa shape index (κ2) is 9.93. The van der Waals surface area contributed by atoms with E-state index in [4.69, 9.17) is 0 Å². The number of amides is 1. The van der Waals surface area contributed by atoms with Gasteiger partial charge in [-0.3, -0.25) is 4.79 Å². The first-order valence-electron chi connectivity index (χ1n) is 11.2. The topological polar surface area (TPSA) is 83.9 Å². The Morgan fingerprint density at radius 2 is 1.83 bits per heavy atom. The van der Waals surface area contributed by atoms with Crippen LogP contribution < -0.4 is 5.32 Å². The van der Waals surface area contributed by atoms with Gasteiger partial charge in [-0.15, -0.1) is 0 Å². The zero-order chi connectivity index (χ0) is 25.2. The molecule has 0 saturated carbocycles. The summed E-state index contributed by atoms with van der Waals surface area (Å²) in [6.07, 6.45) is 1.64. The fourth-order valence-electron chi connectivity index (χ4n) is 4.31. The van der Waals surface area contributed by atoms with E-state index in [2.05, 4.69) is 25.3 Å². The molecule has 1 amide bonds. The third-order valence-corrected chi connectivity index (χ3v) is 6.24. The number of nitrogens with one attached hydrogen (secondary N) is 1. The molecule has 2 atom stereocenters. The monoisotopic (exact) mass is 488 g/mol. The summed E-state index contributed by atoms with van der Waals surface area (Å²) in [5.41, 5.74) is -0.0280. The molecule has 1 aromatic carbocycles. The highest BCUT2D eigenvalue weighted by atomic mass is 19.4. The van der Waals surface area contributed by atoms with E-state index in [-0.39, 0.29) is 41.7 Å². The fraction of sp³-hybridized carbons (Fsp3) is 0.375. The number of anilines is 1. The molecule has 0 radical (unpaired) electrons. The Kier molecular flexibility index (Phi) is 6.95. The number of hydrogen-bond donors (Lipinski definition) is 1. The van der Waals surface area contributed by atoms with Crippen molar-refractivity contribution in [2.24, 2.45) is 5.92 Å². The van der Waals surface area contributed by atoms with Gasteiger partial charge in [0.05, 0.1) is 17.2 Å². The summed E-state index contributed by atoms with van der Waals surface area (Å²) in [6, 6.07) is 4.05. The van der Waals surface area contributed by atoms with Gasteiger partial charge in [0.2, 0.25) is 5.95 Å². The molecule has 0 bridgehead atoms. The van der Waals surface area contributed by atoms with E-state index < -0.39 is 17.6 Å². The van der Waals surface area contributed by atoms with Gasteiger partial charge in [0.15, 0.2) is 5.82 Å². The number of carbonyl (C=O) groups excluding carboxylic acids is 1. The van der Waals surface area contributed by atoms with Gasteiger partial charge in [-0.1, -0.05) is 6.92 Å². The summed E-state index contributed by atoms with van der Waals surface area (Å²) in [4.78, 5) is 31.4. The van der Waals surface area contributed by atoms with Gasteiger partial charge in [0.25, 0.3) is 5.91 Å². The largest absolute Gasteiger partial charge is 0.419 e. The summed E-state index contributed by atoms with van der Waals surface area (Å²) in [6.45, 7) is 4.32. The van der Waals surface area contributed by atoms with E-state index in [1.165, 1.54) is 24.5 Å². The second-order valence-corrected chi connectivity index (χ2v) is 8.53. The quantitative estimate of drug-likeness (QED) is 0.522. The van der Waals surface area contributed by atoms with Crippen LogP contribution >= 0.6 is 0 Å². The first kappa shape index (κ1) is 24.5. The van der Waals surface area contributed by atoms with Crippen molar-refractivity contribution in [3.05, 3.63) is 65.5 Å². The molecule has 7 nitrogen and oxygen atoms in total. The predicted octanol–water partition coefficient (Wildman–Crippen LogP) is 4.75. The van der Waals surface area contributed by atoms with Crippen molar-refractivity contribution in [1.29, 1.82) is 0 Å². The summed E-state index contributed by atoms with van der Waals surface area (Å²) in [5, 5.41) is 2.96. The maximum absolute atomic E-state index is 14.4. The zero-order valence-corrected chi connectivity index (χ0v) is 19.2. The number of carbonyl (C=O) groups is 1. The number of halogens is 4. The molecule has 2 unspecified atom stereocenters. The summed E-state index contributed by atoms with van der Waals surface area (Å²) < 4.78 is 52.8. The molecule has 1 aliphatic rings. The first-order chi connectivity index (χ1) is 16.7. The van der Waals surface area contributed by atoms with E-state index >= 15 is 0 Å². The van der Waals surface area contributed by atoms with Crippen molar-refractivity contribution in [2.75, 3.05) is 18.4 Å². The van der Waals surface area contributed by atoms with Crippen LogP contribution in [0.3, 0.4) is 0 Å². The lowest BCUT2D eigenvalue weighted by molar-refractivity contribution is -0.138. The Labute approximate surface area is 199 Å². The van der Waals surface area contributed by atoms with Gasteiger partial charge in [-0.25, -0.2) is 24.3 Å². The fourth-order valence-corrected chi connectivity index (χ4v) is 4.31. The van der Waals surface area contributed by atoms with E-state index in [9.17, 15) is 22.4 Å². The number of alkyl halides is 3. The average molecular weight is 488 g/mol. The van der Waals surface area contributed by atoms with Crippen LogP contribution in [-0.4, -0.2) is 49.9 Å². The molecular formula is C24H24F4N6O. The number of piperidine rings is 1. The molecule has 1 aliphatic heterocycles. The summed E-state index contributed by atoms with van der Waals surface area (Å²) >= 11 is 0. The third-order valence-electron chi connectivity index (χ3n) is 6.24. The number of benzene rings is 1. The van der Waals surface area contributed by atoms with Crippen molar-refractivity contribution >= 4 is 11.9 Å². The average Bonchev–Trinajstić information content (AvgIpc) is 2.84. The van der Waals surface area contributed by atoms with Gasteiger partial charge in [-0.2, -0.15) is 13.2 Å². The Bertz CT molecular complexity index is 1190. The third kappa shape index (κ3) is 5.23. The number of hydrogen-bond acceptors (Lipinski definition) is 6. The van der Waals surface area contributed by atoms with Gasteiger partial charge < -0.3 is 10.2 Å². The maximum Gasteiger partial charge on any atom is 0.419 e. The molecule has 1 N–H and O–H groups in total. The van der Waals surface area contributed by atoms with Crippen molar-refractivity contribution in [2.45, 2.75) is 38.9 Å². The van der Waals surface area contributed by atoms with E-state index in [0.29, 0.717) is 17.7 Å². The zero-order valence-electron chi connectivity index (χ0n) is 19.2. The lowest BCUT2D eigenvalue weighted by Gasteiger charge is -2.40. The highest BCUT2D eigenvalue weighted by Crippen LogP contribution is 2.31. The van der Waals surface area contributed by atoms with Gasteiger partial charge in [0.1, 0.15) is 5.82 Å². The molecule has 1 saturated heterocycles. The second-order valence-electron chi connectivity index (χ2n) is 8.53. The van der Waals surface area contributed by atoms with Crippen LogP contribution in [-0.2, 0) is 6.18 Å². The minimum absolute atomic E-state index is 0.0409. The number of aromatic nitrogens is 4. The standard InChI is InChI=1S/C24H24F4N6O/c1-14-5-3-10-34(19(14)13-33-23-31-11-16(12-32-23)24(26,27)28)22(35)17-6-7-18(25)15(2)20(17)21-29-8-4-9-30-21/h4,6-9,11-12,14,19H,3,5,10,13H2,1-2H3,(H,31,32,33). The SMILES string of the molecule is Cc1c(F)ccc(C(=O)N2CCCC(C)C2CNc2ncc(C(F)(F)F)cn2)c1-c1ncccn1. The molecule has 0 aliphatic carbocycles. The van der Waals surface area contributed by atoms with Crippen LogP contribution in [0.5, 0.6) is 0 Å². The molecular weight excluding hydrogens is 464 g/mol. The highest BCUT2D eigenvalue weighted by Gasteiger charge is 2.35. The van der Waals surface area contributed by atoms with Crippen LogP contribution in [0.15, 0.2) is 43.0 Å². The minimum atomic E-state index is -4.52. The molecule has 4 rings (SSSR count). The van der Waals surface area contributed by atoms with Crippen molar-refractivity contribution < 1.29 is 22.4 Å². The molecule has 35 heavy (non-hydrogen) atoms. The summed E-state index contributed by atoms with van der Waals surface area (Å²) in [7, 11) is 0. The van der Waals surface area contributed by atoms with Crippen molar-refractivity contribution in [3.63, 3.8) is 0 Å². The van der Waals surface area contributed by atoms with Gasteiger partial charge in [0, 0.05) is 43.4 Å². The van der Waals surface area contributed by atoms with Crippen LogP contribution in [0.1, 0.15) is 41.3 Å². The highest BCUT2D eigenvalue weighted by molar-refractivity contribution is 6.01. The van der Waals surface area contributed by atoms with Crippen molar-refractivity contribution in [1.82, 2.24) is 24.8 Å². The number of likely N-dealkylation sites (tertiary alicyclic amines) is 1. The van der Waals surface area contributed by atoms with Gasteiger partial charge >= 0.3 is 6.18 Å². The Morgan fingerprint density at radius 1 is 1.14 bits per heavy atom. The Hall–Kier alpha value is -3.63. The molecule has 1 fully saturated rings. The molecule has 0 spiro atoms. The maximum atomic E-state index is 14.4. The van der Waals surface area contributed by atoms with Crippen LogP contribution in [0.25, 0.3) is 11.4 Å². The lowest BCUT2D eigenvalue weighted by Crippen LogP contribution is -2.51. The van der Waals surface area contributed by atoms with Crippen molar-refractivity contribution in [3.8, 4) is 11.4 Å². The van der Waals surface area contributed by atoms with E-state index in [0.717, 1.165) is 25.2 Å². The molecule has 184 valence electrons. The minimum Gasteiger partial charge on any atom is -0.352 e. The Balaban J connectivity index is 1.60. The smallest absolute Gasteiger partial charge is 0.352 e. The number of nitrogens with zero attached hydrogens (tertiary/aromatic N) is 5. The molecule has 3 heterocycles. The lowest BCUT2D eigenvalue weighted by atomic mass is 9.89. The molecule has 11 heteroatoms. The predicted molar refractivity (Wildman–Crippen MR) is 121 cm³/mol. The van der Waals surface area contributed by atoms with Gasteiger partial charge in [-0.05, 0) is 49.4 Å². The molecule has 2 aromatic heterocycles. The normalized spacial score (nSPS) is 18.4. The van der Waals surface area contributed by atoms with E-state index in [1.807, 2.05) is 6.92 Å². The molecule has 3 aromatic rings. The van der Waals surface area contributed by atoms with Crippen LogP contribution in [0.4, 0.5) is 23.5 Å². The van der Waals surface area contributed by atoms with Crippen LogP contribution in [0, 0.1) is 18.7 Å². The first-order valence-corrected chi connectivity index (χ1v) is 11.2. The summed E-state index contributed by atoms with van der Waals surface area (Å²) in [5.74, 6) is -0.353. The number of rotatable bonds is 5. The van der Waals surface area contributed by atoms with E-state index in [1.54, 1.807) is 17.9 Å². The Morgan fingerprint density at radius 3 is 2.49 bits per heavy atom. The van der Waals surface area contributed by atoms with Crippen LogP contribution in [0.2, 0.25) is 0 Å².